The fraction of sp³-hybridized carbons (Fsp3) is 0.174. The number of pyridine rings is 1. The first-order chi connectivity index (χ1) is 14.1. The normalized spacial score (nSPS) is 10.1. The molecule has 1 amide bonds. The third-order valence-electron chi connectivity index (χ3n) is 4.56. The maximum absolute atomic E-state index is 12.5. The Balaban J connectivity index is 1.68. The number of hydrogen-bond donors (Lipinski definition) is 2. The van der Waals surface area contributed by atoms with Gasteiger partial charge in [0.15, 0.2) is 0 Å². The molecule has 0 aliphatic rings. The first kappa shape index (κ1) is 19.9. The van der Waals surface area contributed by atoms with Crippen LogP contribution >= 0.6 is 0 Å². The van der Waals surface area contributed by atoms with Gasteiger partial charge in [0.1, 0.15) is 0 Å². The van der Waals surface area contributed by atoms with Crippen molar-refractivity contribution in [3.63, 3.8) is 0 Å². The van der Waals surface area contributed by atoms with Gasteiger partial charge in [0, 0.05) is 36.3 Å². The maximum Gasteiger partial charge on any atom is 0.257 e. The van der Waals surface area contributed by atoms with E-state index in [2.05, 4.69) is 52.6 Å². The van der Waals surface area contributed by atoms with E-state index < -0.39 is 0 Å². The van der Waals surface area contributed by atoms with Crippen molar-refractivity contribution in [2.75, 3.05) is 28.6 Å². The van der Waals surface area contributed by atoms with E-state index in [0.29, 0.717) is 16.8 Å². The monoisotopic (exact) mass is 385 g/mol. The Bertz CT molecular complexity index is 1000. The lowest BCUT2D eigenvalue weighted by Gasteiger charge is -2.21. The zero-order chi connectivity index (χ0) is 20.6. The smallest absolute Gasteiger partial charge is 0.257 e. The van der Waals surface area contributed by atoms with Crippen LogP contribution in [0.2, 0.25) is 0 Å². The Morgan fingerprint density at radius 1 is 0.966 bits per heavy atom. The second kappa shape index (κ2) is 9.38. The second-order valence-corrected chi connectivity index (χ2v) is 6.45. The molecule has 0 saturated carbocycles. The van der Waals surface area contributed by atoms with Gasteiger partial charge >= 0.3 is 0 Å². The molecule has 1 heterocycles. The van der Waals surface area contributed by atoms with Crippen molar-refractivity contribution in [1.82, 2.24) is 4.98 Å². The van der Waals surface area contributed by atoms with E-state index in [1.165, 1.54) is 11.9 Å². The summed E-state index contributed by atoms with van der Waals surface area (Å²) in [4.78, 5) is 19.0. The number of nitrogens with one attached hydrogen (secondary N) is 2. The summed E-state index contributed by atoms with van der Waals surface area (Å²) in [6.45, 7) is 6.19. The summed E-state index contributed by atoms with van der Waals surface area (Å²) >= 11 is 0. The molecule has 0 spiro atoms. The van der Waals surface area contributed by atoms with Crippen LogP contribution < -0.4 is 15.5 Å². The zero-order valence-electron chi connectivity index (χ0n) is 16.5. The van der Waals surface area contributed by atoms with Gasteiger partial charge in [-0.15, -0.1) is 0 Å². The minimum atomic E-state index is -0.261. The molecule has 1 aromatic heterocycles. The Hall–Kier alpha value is -3.85. The van der Waals surface area contributed by atoms with Crippen molar-refractivity contribution >= 4 is 28.7 Å². The van der Waals surface area contributed by atoms with Crippen LogP contribution in [0.15, 0.2) is 67.0 Å². The minimum Gasteiger partial charge on any atom is -0.372 e. The fourth-order valence-corrected chi connectivity index (χ4v) is 2.97. The van der Waals surface area contributed by atoms with Crippen molar-refractivity contribution in [3.05, 3.63) is 78.1 Å². The van der Waals surface area contributed by atoms with Gasteiger partial charge in [0.25, 0.3) is 5.91 Å². The summed E-state index contributed by atoms with van der Waals surface area (Å²) in [5, 5.41) is 14.9. The molecule has 0 saturated heterocycles. The van der Waals surface area contributed by atoms with Crippen molar-refractivity contribution in [2.24, 2.45) is 0 Å². The number of nitriles is 1. The van der Waals surface area contributed by atoms with E-state index >= 15 is 0 Å². The molecule has 0 fully saturated rings. The largest absolute Gasteiger partial charge is 0.372 e. The van der Waals surface area contributed by atoms with Gasteiger partial charge in [0.2, 0.25) is 0 Å². The molecular formula is C23H23N5O. The van der Waals surface area contributed by atoms with Crippen molar-refractivity contribution in [1.29, 1.82) is 5.26 Å². The molecule has 6 heteroatoms. The summed E-state index contributed by atoms with van der Waals surface area (Å²) in [5.74, 6) is -0.261. The van der Waals surface area contributed by atoms with Crippen LogP contribution in [-0.2, 0) is 0 Å². The fourth-order valence-electron chi connectivity index (χ4n) is 2.97. The third-order valence-corrected chi connectivity index (χ3v) is 4.56. The van der Waals surface area contributed by atoms with Crippen LogP contribution in [0.1, 0.15) is 29.8 Å². The highest BCUT2D eigenvalue weighted by atomic mass is 16.1. The Labute approximate surface area is 170 Å². The van der Waals surface area contributed by atoms with Gasteiger partial charge in [-0.25, -0.2) is 0 Å². The molecular weight excluding hydrogens is 362 g/mol. The lowest BCUT2D eigenvalue weighted by Crippen LogP contribution is -2.21. The van der Waals surface area contributed by atoms with Gasteiger partial charge in [-0.1, -0.05) is 0 Å². The molecule has 0 aliphatic heterocycles. The van der Waals surface area contributed by atoms with Crippen LogP contribution in [0.4, 0.5) is 22.7 Å². The lowest BCUT2D eigenvalue weighted by atomic mass is 10.2. The van der Waals surface area contributed by atoms with Crippen LogP contribution in [0.25, 0.3) is 0 Å². The van der Waals surface area contributed by atoms with Gasteiger partial charge in [-0.2, -0.15) is 5.26 Å². The number of benzene rings is 2. The highest BCUT2D eigenvalue weighted by molar-refractivity contribution is 6.04. The first-order valence-electron chi connectivity index (χ1n) is 9.51. The van der Waals surface area contributed by atoms with Crippen molar-refractivity contribution < 1.29 is 4.79 Å². The number of amides is 1. The average molecular weight is 385 g/mol. The molecule has 2 N–H and O–H groups in total. The van der Waals surface area contributed by atoms with E-state index in [1.807, 2.05) is 12.1 Å². The molecule has 146 valence electrons. The zero-order valence-corrected chi connectivity index (χ0v) is 16.5. The van der Waals surface area contributed by atoms with Crippen LogP contribution in [0.5, 0.6) is 0 Å². The van der Waals surface area contributed by atoms with Crippen LogP contribution in [-0.4, -0.2) is 24.0 Å². The van der Waals surface area contributed by atoms with E-state index in [4.69, 9.17) is 5.26 Å². The number of nitrogens with zero attached hydrogens (tertiary/aromatic N) is 3. The Morgan fingerprint density at radius 2 is 1.62 bits per heavy atom. The highest BCUT2D eigenvalue weighted by Crippen LogP contribution is 2.21. The molecule has 0 unspecified atom stereocenters. The van der Waals surface area contributed by atoms with Crippen LogP contribution in [0, 0.1) is 11.3 Å². The number of anilines is 4. The molecule has 3 rings (SSSR count). The van der Waals surface area contributed by atoms with E-state index in [-0.39, 0.29) is 5.91 Å². The molecule has 0 atom stereocenters. The van der Waals surface area contributed by atoms with E-state index in [1.54, 1.807) is 36.5 Å². The molecule has 0 aliphatic carbocycles. The second-order valence-electron chi connectivity index (χ2n) is 6.45. The number of rotatable bonds is 7. The van der Waals surface area contributed by atoms with Gasteiger partial charge < -0.3 is 15.5 Å². The maximum atomic E-state index is 12.5. The Kier molecular flexibility index (Phi) is 6.43. The third kappa shape index (κ3) is 5.11. The molecule has 29 heavy (non-hydrogen) atoms. The van der Waals surface area contributed by atoms with Gasteiger partial charge in [0.05, 0.1) is 29.1 Å². The summed E-state index contributed by atoms with van der Waals surface area (Å²) < 4.78 is 0. The van der Waals surface area contributed by atoms with Crippen LogP contribution in [0.3, 0.4) is 0 Å². The Morgan fingerprint density at radius 3 is 2.24 bits per heavy atom. The lowest BCUT2D eigenvalue weighted by molar-refractivity contribution is 0.102. The summed E-state index contributed by atoms with van der Waals surface area (Å²) in [6.07, 6.45) is 3.20. The number of carbonyl (C=O) groups excluding carboxylic acids is 1. The molecule has 0 radical (unpaired) electrons. The van der Waals surface area contributed by atoms with Gasteiger partial charge in [-0.05, 0) is 68.4 Å². The molecule has 0 bridgehead atoms. The SMILES string of the molecule is CCN(CC)c1ccc(Nc2cncc(C(=O)Nc3ccc(C#N)cc3)c2)cc1. The summed E-state index contributed by atoms with van der Waals surface area (Å²) in [6, 6.07) is 18.7. The number of hydrogen-bond acceptors (Lipinski definition) is 5. The molecule has 6 nitrogen and oxygen atoms in total. The number of carbonyl (C=O) groups is 1. The predicted octanol–water partition coefficient (Wildman–Crippen LogP) is 4.80. The standard InChI is InChI=1S/C23H23N5O/c1-3-28(4-2)22-11-9-19(10-12-22)26-21-13-18(15-25-16-21)23(29)27-20-7-5-17(14-24)6-8-20/h5-13,15-16,26H,3-4H2,1-2H3,(H,27,29). The van der Waals surface area contributed by atoms with E-state index in [9.17, 15) is 4.79 Å². The summed E-state index contributed by atoms with van der Waals surface area (Å²) in [5.41, 5.74) is 4.44. The first-order valence-corrected chi connectivity index (χ1v) is 9.51. The average Bonchev–Trinajstić information content (AvgIpc) is 2.76. The molecule has 3 aromatic rings. The number of aromatic nitrogens is 1. The van der Waals surface area contributed by atoms with E-state index in [0.717, 1.165) is 24.5 Å². The van der Waals surface area contributed by atoms with Gasteiger partial charge in [-0.3, -0.25) is 9.78 Å². The van der Waals surface area contributed by atoms with Crippen molar-refractivity contribution in [3.8, 4) is 6.07 Å². The van der Waals surface area contributed by atoms with Crippen molar-refractivity contribution in [2.45, 2.75) is 13.8 Å². The quantitative estimate of drug-likeness (QED) is 0.611. The molecule has 2 aromatic carbocycles. The summed E-state index contributed by atoms with van der Waals surface area (Å²) in [7, 11) is 0. The minimum absolute atomic E-state index is 0.261. The topological polar surface area (TPSA) is 81.1 Å². The highest BCUT2D eigenvalue weighted by Gasteiger charge is 2.08. The predicted molar refractivity (Wildman–Crippen MR) is 117 cm³/mol.